The van der Waals surface area contributed by atoms with Gasteiger partial charge in [-0.05, 0) is 6.92 Å². The lowest BCUT2D eigenvalue weighted by atomic mass is 10.4. The average molecular weight is 271 g/mol. The van der Waals surface area contributed by atoms with Crippen molar-refractivity contribution < 1.29 is 9.59 Å². The van der Waals surface area contributed by atoms with Gasteiger partial charge in [-0.3, -0.25) is 9.59 Å². The fourth-order valence-electron chi connectivity index (χ4n) is 1.16. The van der Waals surface area contributed by atoms with E-state index in [-0.39, 0.29) is 24.7 Å². The number of nitrogens with zero attached hydrogens (tertiary/aromatic N) is 2. The van der Waals surface area contributed by atoms with Gasteiger partial charge in [0.25, 0.3) is 5.91 Å². The van der Waals surface area contributed by atoms with Crippen LogP contribution in [0.3, 0.4) is 0 Å². The molecule has 1 rings (SSSR count). The Morgan fingerprint density at radius 1 is 1.50 bits per heavy atom. The van der Waals surface area contributed by atoms with Crippen molar-refractivity contribution in [1.82, 2.24) is 10.3 Å². The smallest absolute Gasteiger partial charge is 0.265 e. The van der Waals surface area contributed by atoms with Crippen molar-refractivity contribution in [1.29, 1.82) is 0 Å². The van der Waals surface area contributed by atoms with E-state index in [9.17, 15) is 9.59 Å². The fourth-order valence-corrected chi connectivity index (χ4v) is 2.09. The second-order valence-corrected chi connectivity index (χ2v) is 4.67. The first kappa shape index (κ1) is 14.2. The number of hydrogen-bond acceptors (Lipinski definition) is 6. The minimum absolute atomic E-state index is 0.103. The van der Waals surface area contributed by atoms with Crippen LogP contribution in [0.2, 0.25) is 0 Å². The van der Waals surface area contributed by atoms with Crippen molar-refractivity contribution in [2.45, 2.75) is 13.3 Å². The molecule has 0 fully saturated rings. The summed E-state index contributed by atoms with van der Waals surface area (Å²) in [4.78, 5) is 28.7. The molecule has 7 nitrogen and oxygen atoms in total. The highest BCUT2D eigenvalue weighted by Gasteiger charge is 2.17. The first-order valence-corrected chi connectivity index (χ1v) is 6.31. The third-order valence-electron chi connectivity index (χ3n) is 2.31. The molecule has 0 aliphatic rings. The summed E-state index contributed by atoms with van der Waals surface area (Å²) in [5.41, 5.74) is 10.7. The van der Waals surface area contributed by atoms with Crippen molar-refractivity contribution in [3.63, 3.8) is 0 Å². The van der Waals surface area contributed by atoms with Crippen molar-refractivity contribution in [3.8, 4) is 0 Å². The van der Waals surface area contributed by atoms with Crippen LogP contribution in [-0.4, -0.2) is 36.9 Å². The molecule has 100 valence electrons. The summed E-state index contributed by atoms with van der Waals surface area (Å²) in [7, 11) is 1.87. The van der Waals surface area contributed by atoms with Gasteiger partial charge in [-0.1, -0.05) is 11.3 Å². The van der Waals surface area contributed by atoms with Crippen LogP contribution in [0.4, 0.5) is 10.9 Å². The first-order chi connectivity index (χ1) is 8.45. The predicted molar refractivity (Wildman–Crippen MR) is 71.6 cm³/mol. The van der Waals surface area contributed by atoms with Crippen molar-refractivity contribution >= 4 is 34.1 Å². The quantitative estimate of drug-likeness (QED) is 0.662. The van der Waals surface area contributed by atoms with Gasteiger partial charge in [0.05, 0.1) is 0 Å². The van der Waals surface area contributed by atoms with Gasteiger partial charge in [0, 0.05) is 26.6 Å². The van der Waals surface area contributed by atoms with E-state index < -0.39 is 5.91 Å². The molecule has 0 radical (unpaired) electrons. The number of nitrogens with two attached hydrogens (primary N) is 2. The molecular formula is C10H17N5O2S. The van der Waals surface area contributed by atoms with E-state index in [1.54, 1.807) is 0 Å². The highest BCUT2D eigenvalue weighted by atomic mass is 32.1. The van der Waals surface area contributed by atoms with Crippen LogP contribution in [-0.2, 0) is 4.79 Å². The van der Waals surface area contributed by atoms with E-state index in [1.807, 2.05) is 18.9 Å². The number of amides is 2. The molecule has 0 bridgehead atoms. The van der Waals surface area contributed by atoms with Crippen LogP contribution < -0.4 is 21.7 Å². The first-order valence-electron chi connectivity index (χ1n) is 5.49. The lowest BCUT2D eigenvalue weighted by Gasteiger charge is -2.10. The Morgan fingerprint density at radius 2 is 2.17 bits per heavy atom. The highest BCUT2D eigenvalue weighted by molar-refractivity contribution is 7.18. The molecular weight excluding hydrogens is 254 g/mol. The van der Waals surface area contributed by atoms with Gasteiger partial charge in [0.15, 0.2) is 5.13 Å². The van der Waals surface area contributed by atoms with E-state index >= 15 is 0 Å². The highest BCUT2D eigenvalue weighted by Crippen LogP contribution is 2.26. The second kappa shape index (κ2) is 6.20. The van der Waals surface area contributed by atoms with Gasteiger partial charge in [0.1, 0.15) is 10.7 Å². The topological polar surface area (TPSA) is 114 Å². The number of carbonyl (C=O) groups is 2. The molecule has 0 unspecified atom stereocenters. The minimum atomic E-state index is -0.459. The van der Waals surface area contributed by atoms with Crippen molar-refractivity contribution in [2.24, 2.45) is 5.73 Å². The molecule has 0 aromatic carbocycles. The van der Waals surface area contributed by atoms with Crippen molar-refractivity contribution in [2.75, 3.05) is 30.8 Å². The van der Waals surface area contributed by atoms with E-state index in [0.29, 0.717) is 10.0 Å². The summed E-state index contributed by atoms with van der Waals surface area (Å²) >= 11 is 1.22. The zero-order valence-electron chi connectivity index (χ0n) is 10.4. The number of primary amides is 1. The van der Waals surface area contributed by atoms with Crippen LogP contribution in [0.5, 0.6) is 0 Å². The van der Waals surface area contributed by atoms with E-state index in [2.05, 4.69) is 10.3 Å². The number of aromatic nitrogens is 1. The van der Waals surface area contributed by atoms with Crippen LogP contribution in [0.15, 0.2) is 0 Å². The standard InChI is InChI=1S/C10H17N5O2S/c1-3-15(2)10-14-8(12)7(18-10)9(17)13-5-4-6(11)16/h3-5,12H2,1-2H3,(H2,11,16)(H,13,17). The minimum Gasteiger partial charge on any atom is -0.382 e. The largest absolute Gasteiger partial charge is 0.382 e. The number of hydrogen-bond donors (Lipinski definition) is 3. The summed E-state index contributed by atoms with van der Waals surface area (Å²) < 4.78 is 0. The van der Waals surface area contributed by atoms with Gasteiger partial charge in [-0.15, -0.1) is 0 Å². The summed E-state index contributed by atoms with van der Waals surface area (Å²) in [5.74, 6) is -0.590. The lowest BCUT2D eigenvalue weighted by molar-refractivity contribution is -0.117. The predicted octanol–water partition coefficient (Wildman–Crippen LogP) is -0.213. The SMILES string of the molecule is CCN(C)c1nc(N)c(C(=O)NCCC(N)=O)s1. The zero-order valence-corrected chi connectivity index (χ0v) is 11.2. The van der Waals surface area contributed by atoms with Crippen molar-refractivity contribution in [3.05, 3.63) is 4.88 Å². The summed E-state index contributed by atoms with van der Waals surface area (Å²) in [6, 6.07) is 0. The molecule has 0 aliphatic heterocycles. The molecule has 1 aromatic heterocycles. The molecule has 0 saturated carbocycles. The van der Waals surface area contributed by atoms with E-state index in [0.717, 1.165) is 6.54 Å². The monoisotopic (exact) mass is 271 g/mol. The average Bonchev–Trinajstić information content (AvgIpc) is 2.69. The Bertz CT molecular complexity index is 445. The number of carbonyl (C=O) groups excluding carboxylic acids is 2. The van der Waals surface area contributed by atoms with Gasteiger partial charge in [-0.25, -0.2) is 4.98 Å². The zero-order chi connectivity index (χ0) is 13.7. The Morgan fingerprint density at radius 3 is 2.72 bits per heavy atom. The Balaban J connectivity index is 2.68. The third-order valence-corrected chi connectivity index (χ3v) is 3.49. The van der Waals surface area contributed by atoms with E-state index in [1.165, 1.54) is 11.3 Å². The molecule has 0 aliphatic carbocycles. The van der Waals surface area contributed by atoms with Gasteiger partial charge in [-0.2, -0.15) is 0 Å². The number of thiazole rings is 1. The van der Waals surface area contributed by atoms with Crippen LogP contribution in [0.1, 0.15) is 23.0 Å². The number of anilines is 2. The Hall–Kier alpha value is -1.83. The Labute approximate surface area is 109 Å². The number of nitrogen functional groups attached to an aromatic ring is 1. The fraction of sp³-hybridized carbons (Fsp3) is 0.500. The molecule has 0 spiro atoms. The maximum absolute atomic E-state index is 11.8. The number of rotatable bonds is 6. The van der Waals surface area contributed by atoms with Gasteiger partial charge >= 0.3 is 0 Å². The molecule has 8 heteroatoms. The van der Waals surface area contributed by atoms with Gasteiger partial charge in [0.2, 0.25) is 5.91 Å². The molecule has 18 heavy (non-hydrogen) atoms. The normalized spacial score (nSPS) is 10.1. The maximum atomic E-state index is 11.8. The van der Waals surface area contributed by atoms with E-state index in [4.69, 9.17) is 11.5 Å². The summed E-state index contributed by atoms with van der Waals surface area (Å²) in [5, 5.41) is 3.26. The summed E-state index contributed by atoms with van der Waals surface area (Å²) in [6.07, 6.45) is 0.103. The molecule has 1 aromatic rings. The maximum Gasteiger partial charge on any atom is 0.265 e. The number of nitrogens with one attached hydrogen (secondary N) is 1. The second-order valence-electron chi connectivity index (χ2n) is 3.70. The van der Waals surface area contributed by atoms with Crippen LogP contribution in [0.25, 0.3) is 0 Å². The van der Waals surface area contributed by atoms with Crippen LogP contribution >= 0.6 is 11.3 Å². The van der Waals surface area contributed by atoms with Gasteiger partial charge < -0.3 is 21.7 Å². The lowest BCUT2D eigenvalue weighted by Crippen LogP contribution is -2.27. The molecule has 5 N–H and O–H groups in total. The molecule has 2 amide bonds. The molecule has 0 atom stereocenters. The molecule has 0 saturated heterocycles. The summed E-state index contributed by atoms with van der Waals surface area (Å²) in [6.45, 7) is 2.95. The van der Waals surface area contributed by atoms with Crippen LogP contribution in [0, 0.1) is 0 Å². The molecule has 1 heterocycles. The third kappa shape index (κ3) is 3.59. The Kier molecular flexibility index (Phi) is 4.90.